The average Bonchev–Trinajstić information content (AvgIpc) is 2.80. The monoisotopic (exact) mass is 499 g/mol. The molecule has 2 aromatic rings. The van der Waals surface area contributed by atoms with E-state index >= 15 is 0 Å². The molecule has 0 aliphatic rings. The molecule has 0 fully saturated rings. The van der Waals surface area contributed by atoms with Gasteiger partial charge in [-0.05, 0) is 55.3 Å². The second kappa shape index (κ2) is 12.5. The third-order valence-electron chi connectivity index (χ3n) is 4.87. The van der Waals surface area contributed by atoms with Crippen LogP contribution < -0.4 is 21.3 Å². The molecule has 2 aromatic carbocycles. The minimum Gasteiger partial charge on any atom is -0.388 e. The van der Waals surface area contributed by atoms with Gasteiger partial charge in [-0.15, -0.1) is 0 Å². The van der Waals surface area contributed by atoms with E-state index in [0.29, 0.717) is 25.2 Å². The van der Waals surface area contributed by atoms with Crippen molar-refractivity contribution in [2.45, 2.75) is 39.5 Å². The van der Waals surface area contributed by atoms with E-state index in [-0.39, 0.29) is 23.0 Å². The Balaban J connectivity index is 2.43. The van der Waals surface area contributed by atoms with Gasteiger partial charge in [0.2, 0.25) is 0 Å². The van der Waals surface area contributed by atoms with E-state index < -0.39 is 35.4 Å². The molecular formula is C24H30F5N5O. The number of nitrogens with zero attached hydrogens (tertiary/aromatic N) is 1. The summed E-state index contributed by atoms with van der Waals surface area (Å²) in [4.78, 5) is 17.1. The molecule has 0 saturated carbocycles. The van der Waals surface area contributed by atoms with Crippen LogP contribution in [0.3, 0.4) is 0 Å². The maximum Gasteiger partial charge on any atom is 0.416 e. The molecule has 0 aromatic heterocycles. The van der Waals surface area contributed by atoms with Crippen LogP contribution in [0, 0.1) is 17.6 Å². The highest BCUT2D eigenvalue weighted by Crippen LogP contribution is 2.33. The minimum absolute atomic E-state index is 0.0264. The van der Waals surface area contributed by atoms with Crippen molar-refractivity contribution < 1.29 is 26.7 Å². The van der Waals surface area contributed by atoms with Crippen molar-refractivity contribution in [1.82, 2.24) is 16.0 Å². The summed E-state index contributed by atoms with van der Waals surface area (Å²) in [6, 6.07) is 6.02. The van der Waals surface area contributed by atoms with Crippen molar-refractivity contribution >= 4 is 17.6 Å². The first-order valence-electron chi connectivity index (χ1n) is 11.2. The number of guanidine groups is 1. The summed E-state index contributed by atoms with van der Waals surface area (Å²) in [5.74, 6) is -2.96. The largest absolute Gasteiger partial charge is 0.416 e. The van der Waals surface area contributed by atoms with Crippen LogP contribution in [0.5, 0.6) is 0 Å². The summed E-state index contributed by atoms with van der Waals surface area (Å²) in [6.45, 7) is 6.44. The van der Waals surface area contributed by atoms with Gasteiger partial charge < -0.3 is 10.6 Å². The first-order chi connectivity index (χ1) is 16.5. The number of halogens is 5. The van der Waals surface area contributed by atoms with E-state index in [9.17, 15) is 26.7 Å². The number of rotatable bonds is 9. The van der Waals surface area contributed by atoms with Gasteiger partial charge in [-0.25, -0.2) is 8.78 Å². The Bertz CT molecular complexity index is 1040. The van der Waals surface area contributed by atoms with Crippen LogP contribution in [0.2, 0.25) is 0 Å². The third kappa shape index (κ3) is 8.20. The van der Waals surface area contributed by atoms with Gasteiger partial charge in [0.25, 0.3) is 5.91 Å². The maximum atomic E-state index is 13.6. The fourth-order valence-electron chi connectivity index (χ4n) is 3.08. The lowest BCUT2D eigenvalue weighted by atomic mass is 10.0. The molecule has 1 atom stereocenters. The smallest absolute Gasteiger partial charge is 0.388 e. The lowest BCUT2D eigenvalue weighted by Crippen LogP contribution is -2.47. The van der Waals surface area contributed by atoms with Crippen LogP contribution in [-0.2, 0) is 6.18 Å². The summed E-state index contributed by atoms with van der Waals surface area (Å²) >= 11 is 0. The van der Waals surface area contributed by atoms with E-state index in [1.807, 2.05) is 20.8 Å². The Morgan fingerprint density at radius 2 is 1.77 bits per heavy atom. The summed E-state index contributed by atoms with van der Waals surface area (Å²) in [5.41, 5.74) is -0.275. The predicted molar refractivity (Wildman–Crippen MR) is 126 cm³/mol. The zero-order chi connectivity index (χ0) is 26.2. The van der Waals surface area contributed by atoms with Crippen molar-refractivity contribution in [2.75, 3.05) is 25.5 Å². The zero-order valence-electron chi connectivity index (χ0n) is 20.0. The van der Waals surface area contributed by atoms with Crippen molar-refractivity contribution in [3.05, 3.63) is 64.7 Å². The second-order valence-corrected chi connectivity index (χ2v) is 8.25. The van der Waals surface area contributed by atoms with Crippen molar-refractivity contribution in [3.63, 3.8) is 0 Å². The van der Waals surface area contributed by atoms with Crippen LogP contribution in [0.15, 0.2) is 41.4 Å². The number of carbonyl (C=O) groups excluding carboxylic acids is 1. The highest BCUT2D eigenvalue weighted by atomic mass is 19.4. The molecule has 0 aliphatic heterocycles. The molecule has 2 rings (SSSR count). The quantitative estimate of drug-likeness (QED) is 0.169. The van der Waals surface area contributed by atoms with Crippen LogP contribution in [0.25, 0.3) is 0 Å². The Morgan fingerprint density at radius 3 is 2.34 bits per heavy atom. The summed E-state index contributed by atoms with van der Waals surface area (Å²) in [7, 11) is 1.58. The molecular weight excluding hydrogens is 469 g/mol. The molecule has 0 spiro atoms. The summed E-state index contributed by atoms with van der Waals surface area (Å²) in [6.07, 6.45) is -4.73. The van der Waals surface area contributed by atoms with Crippen LogP contribution in [-0.4, -0.2) is 32.0 Å². The van der Waals surface area contributed by atoms with Crippen molar-refractivity contribution in [2.24, 2.45) is 10.9 Å². The number of carbonyl (C=O) groups is 1. The van der Waals surface area contributed by atoms with E-state index in [4.69, 9.17) is 0 Å². The number of anilines is 1. The molecule has 0 heterocycles. The molecule has 0 aliphatic carbocycles. The number of nitrogens with one attached hydrogen (secondary N) is 4. The van der Waals surface area contributed by atoms with E-state index in [1.54, 1.807) is 7.05 Å². The Hall–Kier alpha value is -3.21. The van der Waals surface area contributed by atoms with E-state index in [0.717, 1.165) is 30.3 Å². The van der Waals surface area contributed by atoms with Gasteiger partial charge in [0.05, 0.1) is 5.56 Å². The second-order valence-electron chi connectivity index (χ2n) is 8.25. The first kappa shape index (κ1) is 28.0. The minimum atomic E-state index is -4.55. The Labute approximate surface area is 201 Å². The fraction of sp³-hybridized carbons (Fsp3) is 0.417. The molecule has 6 nitrogen and oxygen atoms in total. The molecule has 35 heavy (non-hydrogen) atoms. The number of hydrogen-bond acceptors (Lipinski definition) is 4. The third-order valence-corrected chi connectivity index (χ3v) is 4.87. The zero-order valence-corrected chi connectivity index (χ0v) is 20.0. The topological polar surface area (TPSA) is 77.6 Å². The Morgan fingerprint density at radius 1 is 1.06 bits per heavy atom. The number of amides is 1. The van der Waals surface area contributed by atoms with Gasteiger partial charge in [-0.3, -0.25) is 20.4 Å². The predicted octanol–water partition coefficient (Wildman–Crippen LogP) is 5.06. The first-order valence-corrected chi connectivity index (χ1v) is 11.2. The van der Waals surface area contributed by atoms with Crippen LogP contribution >= 0.6 is 0 Å². The van der Waals surface area contributed by atoms with Gasteiger partial charge in [0.15, 0.2) is 17.6 Å². The van der Waals surface area contributed by atoms with Gasteiger partial charge in [0.1, 0.15) is 6.17 Å². The molecule has 0 saturated heterocycles. The standard InChI is InChI=1S/C24H30F5N5O/c1-5-10-31-21(17-12-16(24(27,28)29)7-9-20(17)30-4)33-23(32-13-14(2)3)34-22(35)15-6-8-18(25)19(26)11-15/h6-9,11-12,14,21,30-31H,5,10,13H2,1-4H3,(H2,32,33,34,35). The molecule has 11 heteroatoms. The molecule has 0 bridgehead atoms. The lowest BCUT2D eigenvalue weighted by molar-refractivity contribution is -0.137. The Kier molecular flexibility index (Phi) is 10.00. The highest BCUT2D eigenvalue weighted by Gasteiger charge is 2.32. The highest BCUT2D eigenvalue weighted by molar-refractivity contribution is 6.05. The summed E-state index contributed by atoms with van der Waals surface area (Å²) in [5, 5.41) is 11.5. The van der Waals surface area contributed by atoms with Crippen molar-refractivity contribution in [3.8, 4) is 0 Å². The summed E-state index contributed by atoms with van der Waals surface area (Å²) < 4.78 is 67.1. The number of hydrogen-bond donors (Lipinski definition) is 4. The van der Waals surface area contributed by atoms with Gasteiger partial charge in [-0.2, -0.15) is 13.2 Å². The maximum absolute atomic E-state index is 13.6. The fourth-order valence-corrected chi connectivity index (χ4v) is 3.08. The molecule has 1 unspecified atom stereocenters. The average molecular weight is 500 g/mol. The molecule has 4 N–H and O–H groups in total. The van der Waals surface area contributed by atoms with E-state index in [1.165, 1.54) is 6.07 Å². The number of aliphatic imine (C=N–C) groups is 1. The normalized spacial score (nSPS) is 13.0. The number of benzene rings is 2. The SMILES string of the molecule is CCCNC(NC(=NCC(C)C)NC(=O)c1ccc(F)c(F)c1)c1cc(C(F)(F)F)ccc1NC. The number of alkyl halides is 3. The molecule has 192 valence electrons. The van der Waals surface area contributed by atoms with Gasteiger partial charge in [-0.1, -0.05) is 20.8 Å². The molecule has 1 amide bonds. The van der Waals surface area contributed by atoms with Crippen LogP contribution in [0.1, 0.15) is 54.8 Å². The lowest BCUT2D eigenvalue weighted by Gasteiger charge is -2.26. The van der Waals surface area contributed by atoms with Gasteiger partial charge in [0, 0.05) is 30.4 Å². The molecule has 0 radical (unpaired) electrons. The van der Waals surface area contributed by atoms with Gasteiger partial charge >= 0.3 is 6.18 Å². The van der Waals surface area contributed by atoms with Crippen LogP contribution in [0.4, 0.5) is 27.6 Å². The van der Waals surface area contributed by atoms with Crippen molar-refractivity contribution in [1.29, 1.82) is 0 Å². The van der Waals surface area contributed by atoms with E-state index in [2.05, 4.69) is 26.3 Å².